The van der Waals surface area contributed by atoms with Crippen molar-refractivity contribution in [1.82, 2.24) is 15.6 Å². The van der Waals surface area contributed by atoms with Crippen molar-refractivity contribution in [3.05, 3.63) is 24.0 Å². The number of furan rings is 1. The van der Waals surface area contributed by atoms with Crippen molar-refractivity contribution in [2.24, 2.45) is 0 Å². The second-order valence-electron chi connectivity index (χ2n) is 7.15. The van der Waals surface area contributed by atoms with E-state index in [4.69, 9.17) is 9.15 Å². The van der Waals surface area contributed by atoms with Crippen LogP contribution in [0.5, 0.6) is 0 Å². The summed E-state index contributed by atoms with van der Waals surface area (Å²) < 4.78 is 11.3. The lowest BCUT2D eigenvalue weighted by molar-refractivity contribution is 0.0926. The number of morpholine rings is 1. The van der Waals surface area contributed by atoms with E-state index in [9.17, 15) is 4.79 Å². The first-order chi connectivity index (χ1) is 12.3. The molecule has 1 amide bonds. The number of hydrogen-bond donors (Lipinski definition) is 2. The zero-order valence-electron chi connectivity index (χ0n) is 14.0. The fraction of sp³-hybridized carbons (Fsp3) is 0.556. The molecule has 0 radical (unpaired) electrons. The molecular weight excluding hydrogens is 320 g/mol. The molecule has 132 valence electrons. The van der Waals surface area contributed by atoms with Crippen LogP contribution in [-0.2, 0) is 4.74 Å². The van der Waals surface area contributed by atoms with Crippen LogP contribution >= 0.6 is 0 Å². The maximum absolute atomic E-state index is 12.6. The summed E-state index contributed by atoms with van der Waals surface area (Å²) in [6.07, 6.45) is 5.03. The molecule has 2 bridgehead atoms. The van der Waals surface area contributed by atoms with Crippen molar-refractivity contribution in [2.75, 3.05) is 31.2 Å². The lowest BCUT2D eigenvalue weighted by Crippen LogP contribution is -2.43. The first kappa shape index (κ1) is 15.2. The predicted molar refractivity (Wildman–Crippen MR) is 92.9 cm³/mol. The number of hydrogen-bond acceptors (Lipinski definition) is 6. The number of amides is 1. The molecule has 2 aromatic rings. The van der Waals surface area contributed by atoms with E-state index in [1.807, 2.05) is 12.1 Å². The van der Waals surface area contributed by atoms with Crippen LogP contribution in [-0.4, -0.2) is 55.3 Å². The lowest BCUT2D eigenvalue weighted by Gasteiger charge is -2.25. The molecule has 3 fully saturated rings. The van der Waals surface area contributed by atoms with Crippen LogP contribution in [0.4, 0.5) is 5.88 Å². The standard InChI is InChI=1S/C18H22N4O3/c23-18(21-14-9-12-1-2-13(14)20-12)15-7-11-8-17(25-16(11)10-19-15)22-3-5-24-6-4-22/h7-8,10,12-14,20H,1-6,9H2,(H,21,23)/t12-,13+,14-/m1/s1. The summed E-state index contributed by atoms with van der Waals surface area (Å²) in [5.74, 6) is 0.713. The van der Waals surface area contributed by atoms with Gasteiger partial charge in [0.2, 0.25) is 0 Å². The third kappa shape index (κ3) is 2.77. The number of rotatable bonds is 3. The number of fused-ring (bicyclic) bond motifs is 3. The van der Waals surface area contributed by atoms with E-state index >= 15 is 0 Å². The molecule has 5 heterocycles. The third-order valence-corrected chi connectivity index (χ3v) is 5.56. The summed E-state index contributed by atoms with van der Waals surface area (Å²) in [4.78, 5) is 19.0. The molecule has 2 N–H and O–H groups in total. The number of anilines is 1. The van der Waals surface area contributed by atoms with Crippen LogP contribution < -0.4 is 15.5 Å². The Kier molecular flexibility index (Phi) is 3.64. The SMILES string of the molecule is O=C(N[C@@H]1C[C@H]2CC[C@@H]1N2)c1cc2cc(N3CCOCC3)oc2cn1. The van der Waals surface area contributed by atoms with Gasteiger partial charge >= 0.3 is 0 Å². The van der Waals surface area contributed by atoms with E-state index in [2.05, 4.69) is 20.5 Å². The average Bonchev–Trinajstić information content (AvgIpc) is 3.36. The van der Waals surface area contributed by atoms with Crippen molar-refractivity contribution in [1.29, 1.82) is 0 Å². The highest BCUT2D eigenvalue weighted by molar-refractivity contribution is 5.96. The van der Waals surface area contributed by atoms with Gasteiger partial charge in [-0.15, -0.1) is 0 Å². The summed E-state index contributed by atoms with van der Waals surface area (Å²) in [7, 11) is 0. The van der Waals surface area contributed by atoms with Crippen molar-refractivity contribution < 1.29 is 13.9 Å². The molecule has 7 nitrogen and oxygen atoms in total. The van der Waals surface area contributed by atoms with E-state index in [1.54, 1.807) is 6.20 Å². The van der Waals surface area contributed by atoms with Gasteiger partial charge in [-0.25, -0.2) is 4.98 Å². The summed E-state index contributed by atoms with van der Waals surface area (Å²) in [6, 6.07) is 5.00. The Hall–Kier alpha value is -2.12. The van der Waals surface area contributed by atoms with Crippen molar-refractivity contribution in [2.45, 2.75) is 37.4 Å². The highest BCUT2D eigenvalue weighted by atomic mass is 16.5. The zero-order valence-corrected chi connectivity index (χ0v) is 14.0. The number of pyridine rings is 1. The van der Waals surface area contributed by atoms with Crippen LogP contribution in [0.2, 0.25) is 0 Å². The van der Waals surface area contributed by atoms with Gasteiger partial charge in [0, 0.05) is 42.7 Å². The van der Waals surface area contributed by atoms with E-state index in [0.29, 0.717) is 36.6 Å². The van der Waals surface area contributed by atoms with E-state index in [-0.39, 0.29) is 11.9 Å². The highest BCUT2D eigenvalue weighted by Gasteiger charge is 2.39. The minimum absolute atomic E-state index is 0.102. The second kappa shape index (κ2) is 6.00. The quantitative estimate of drug-likeness (QED) is 0.875. The number of carbonyl (C=O) groups excluding carboxylic acids is 1. The predicted octanol–water partition coefficient (Wildman–Crippen LogP) is 1.29. The Bertz CT molecular complexity index is 799. The lowest BCUT2D eigenvalue weighted by atomic mass is 9.95. The minimum Gasteiger partial charge on any atom is -0.439 e. The molecule has 0 unspecified atom stereocenters. The summed E-state index contributed by atoms with van der Waals surface area (Å²) >= 11 is 0. The van der Waals surface area contributed by atoms with Gasteiger partial charge in [-0.3, -0.25) is 4.79 Å². The topological polar surface area (TPSA) is 79.6 Å². The minimum atomic E-state index is -0.102. The molecule has 0 aromatic carbocycles. The van der Waals surface area contributed by atoms with Crippen molar-refractivity contribution in [3.8, 4) is 0 Å². The average molecular weight is 342 g/mol. The van der Waals surface area contributed by atoms with Gasteiger partial charge < -0.3 is 24.7 Å². The molecule has 3 atom stereocenters. The second-order valence-corrected chi connectivity index (χ2v) is 7.15. The van der Waals surface area contributed by atoms with Crippen LogP contribution in [0.3, 0.4) is 0 Å². The smallest absolute Gasteiger partial charge is 0.270 e. The molecule has 3 aliphatic rings. The van der Waals surface area contributed by atoms with Gasteiger partial charge in [0.1, 0.15) is 5.69 Å². The summed E-state index contributed by atoms with van der Waals surface area (Å²) in [5.41, 5.74) is 1.16. The molecule has 0 spiro atoms. The Balaban J connectivity index is 1.34. The first-order valence-corrected chi connectivity index (χ1v) is 9.05. The van der Waals surface area contributed by atoms with Crippen LogP contribution in [0.25, 0.3) is 11.0 Å². The number of ether oxygens (including phenoxy) is 1. The Morgan fingerprint density at radius 3 is 2.92 bits per heavy atom. The van der Waals surface area contributed by atoms with Crippen molar-refractivity contribution >= 4 is 22.8 Å². The molecule has 25 heavy (non-hydrogen) atoms. The largest absolute Gasteiger partial charge is 0.439 e. The molecule has 3 aliphatic heterocycles. The fourth-order valence-electron chi connectivity index (χ4n) is 4.22. The normalized spacial score (nSPS) is 28.6. The summed E-state index contributed by atoms with van der Waals surface area (Å²) in [6.45, 7) is 3.05. The maximum Gasteiger partial charge on any atom is 0.270 e. The number of carbonyl (C=O) groups is 1. The summed E-state index contributed by atoms with van der Waals surface area (Å²) in [5, 5.41) is 7.59. The maximum atomic E-state index is 12.6. The monoisotopic (exact) mass is 342 g/mol. The van der Waals surface area contributed by atoms with Gasteiger partial charge in [0.25, 0.3) is 5.91 Å². The Labute approximate surface area is 145 Å². The number of nitrogens with one attached hydrogen (secondary N) is 2. The Morgan fingerprint density at radius 2 is 2.16 bits per heavy atom. The third-order valence-electron chi connectivity index (χ3n) is 5.56. The van der Waals surface area contributed by atoms with Crippen LogP contribution in [0.15, 0.2) is 22.7 Å². The van der Waals surface area contributed by atoms with Gasteiger partial charge in [-0.05, 0) is 25.3 Å². The van der Waals surface area contributed by atoms with Crippen LogP contribution in [0, 0.1) is 0 Å². The van der Waals surface area contributed by atoms with Crippen molar-refractivity contribution in [3.63, 3.8) is 0 Å². The molecule has 0 saturated carbocycles. The van der Waals surface area contributed by atoms with E-state index < -0.39 is 0 Å². The number of nitrogens with zero attached hydrogens (tertiary/aromatic N) is 2. The van der Waals surface area contributed by atoms with Gasteiger partial charge in [-0.1, -0.05) is 0 Å². The van der Waals surface area contributed by atoms with E-state index in [1.165, 1.54) is 6.42 Å². The van der Waals surface area contributed by atoms with E-state index in [0.717, 1.165) is 37.2 Å². The van der Waals surface area contributed by atoms with Gasteiger partial charge in [0.15, 0.2) is 11.5 Å². The molecule has 2 aromatic heterocycles. The molecule has 3 saturated heterocycles. The first-order valence-electron chi connectivity index (χ1n) is 9.05. The Morgan fingerprint density at radius 1 is 1.28 bits per heavy atom. The van der Waals surface area contributed by atoms with Crippen LogP contribution in [0.1, 0.15) is 29.8 Å². The molecule has 7 heteroatoms. The fourth-order valence-corrected chi connectivity index (χ4v) is 4.22. The van der Waals surface area contributed by atoms with Gasteiger partial charge in [0.05, 0.1) is 19.4 Å². The number of aromatic nitrogens is 1. The molecular formula is C18H22N4O3. The highest BCUT2D eigenvalue weighted by Crippen LogP contribution is 2.29. The molecule has 5 rings (SSSR count). The zero-order chi connectivity index (χ0) is 16.8. The van der Waals surface area contributed by atoms with Gasteiger partial charge in [-0.2, -0.15) is 0 Å². The molecule has 0 aliphatic carbocycles.